The summed E-state index contributed by atoms with van der Waals surface area (Å²) in [5.41, 5.74) is 2.48. The summed E-state index contributed by atoms with van der Waals surface area (Å²) in [6.07, 6.45) is 3.22. The second-order valence-corrected chi connectivity index (χ2v) is 6.32. The first-order chi connectivity index (χ1) is 14.1. The number of hydrogen-bond donors (Lipinski definition) is 2. The molecule has 3 aromatic rings. The molecular formula is C19H19N7O3. The number of hydrogen-bond acceptors (Lipinski definition) is 8. The van der Waals surface area contributed by atoms with Gasteiger partial charge < -0.3 is 20.1 Å². The zero-order chi connectivity index (χ0) is 20.4. The van der Waals surface area contributed by atoms with Crippen molar-refractivity contribution in [3.8, 4) is 11.5 Å². The summed E-state index contributed by atoms with van der Waals surface area (Å²) in [6.45, 7) is 1.81. The van der Waals surface area contributed by atoms with E-state index in [1.165, 1.54) is 0 Å². The number of methoxy groups -OCH3 is 2. The summed E-state index contributed by atoms with van der Waals surface area (Å²) >= 11 is 0. The Balaban J connectivity index is 1.79. The number of carbonyl (C=O) groups excluding carboxylic acids is 1. The van der Waals surface area contributed by atoms with Crippen molar-refractivity contribution >= 4 is 17.5 Å². The molecule has 2 N–H and O–H groups in total. The molecule has 1 amide bonds. The number of anilines is 2. The van der Waals surface area contributed by atoms with Crippen LogP contribution in [-0.4, -0.2) is 45.3 Å². The molecule has 4 rings (SSSR count). The minimum absolute atomic E-state index is 0.288. The summed E-state index contributed by atoms with van der Waals surface area (Å²) in [7, 11) is 3.13. The lowest BCUT2D eigenvalue weighted by atomic mass is 9.94. The molecule has 2 aromatic heterocycles. The van der Waals surface area contributed by atoms with Crippen LogP contribution in [-0.2, 0) is 4.79 Å². The standard InChI is InChI=1S/C19H19N7O3/c1-11-16(18(27)22-13-5-4-8-20-10-13)17(26-19(21-11)23-24-25-26)12-6-7-14(28-2)15(9-12)29-3/h4-10,17H,1-3H3,(H,22,27)(H,21,23,25). The fourth-order valence-corrected chi connectivity index (χ4v) is 3.27. The van der Waals surface area contributed by atoms with Gasteiger partial charge in [0, 0.05) is 11.9 Å². The second kappa shape index (κ2) is 7.58. The van der Waals surface area contributed by atoms with Crippen LogP contribution in [0.25, 0.3) is 0 Å². The molecule has 1 aromatic carbocycles. The molecule has 1 unspecified atom stereocenters. The largest absolute Gasteiger partial charge is 0.493 e. The van der Waals surface area contributed by atoms with Gasteiger partial charge in [-0.3, -0.25) is 9.78 Å². The van der Waals surface area contributed by atoms with E-state index in [0.29, 0.717) is 34.4 Å². The van der Waals surface area contributed by atoms with Gasteiger partial charge in [-0.25, -0.2) is 0 Å². The molecule has 10 heteroatoms. The highest BCUT2D eigenvalue weighted by atomic mass is 16.5. The molecule has 1 atom stereocenters. The van der Waals surface area contributed by atoms with Crippen LogP contribution in [0.1, 0.15) is 18.5 Å². The zero-order valence-corrected chi connectivity index (χ0v) is 16.1. The Kier molecular flexibility index (Phi) is 4.82. The lowest BCUT2D eigenvalue weighted by Crippen LogP contribution is -2.31. The first kappa shape index (κ1) is 18.4. The molecule has 148 valence electrons. The Morgan fingerprint density at radius 3 is 2.76 bits per heavy atom. The van der Waals surface area contributed by atoms with Crippen LogP contribution in [0.4, 0.5) is 11.6 Å². The number of rotatable bonds is 5. The van der Waals surface area contributed by atoms with Crippen LogP contribution in [0, 0.1) is 0 Å². The van der Waals surface area contributed by atoms with Crippen molar-refractivity contribution in [2.24, 2.45) is 0 Å². The van der Waals surface area contributed by atoms with Gasteiger partial charge in [-0.05, 0) is 47.2 Å². The molecule has 0 spiro atoms. The molecule has 0 saturated carbocycles. The average molecular weight is 393 g/mol. The van der Waals surface area contributed by atoms with Crippen LogP contribution >= 0.6 is 0 Å². The normalized spacial score (nSPS) is 15.3. The molecule has 3 heterocycles. The molecule has 0 saturated heterocycles. The minimum atomic E-state index is -0.558. The van der Waals surface area contributed by atoms with Gasteiger partial charge in [-0.15, -0.1) is 0 Å². The summed E-state index contributed by atoms with van der Waals surface area (Å²) in [5, 5.41) is 17.8. The molecule has 0 bridgehead atoms. The number of benzene rings is 1. The molecule has 0 radical (unpaired) electrons. The van der Waals surface area contributed by atoms with Crippen LogP contribution in [0.2, 0.25) is 0 Å². The Morgan fingerprint density at radius 2 is 2.03 bits per heavy atom. The summed E-state index contributed by atoms with van der Waals surface area (Å²) in [5.74, 6) is 1.29. The predicted octanol–water partition coefficient (Wildman–Crippen LogP) is 2.01. The molecular weight excluding hydrogens is 374 g/mol. The van der Waals surface area contributed by atoms with E-state index >= 15 is 0 Å². The first-order valence-electron chi connectivity index (χ1n) is 8.81. The summed E-state index contributed by atoms with van der Waals surface area (Å²) in [4.78, 5) is 17.2. The summed E-state index contributed by atoms with van der Waals surface area (Å²) in [6, 6.07) is 8.41. The third kappa shape index (κ3) is 3.35. The molecule has 0 fully saturated rings. The number of nitrogens with one attached hydrogen (secondary N) is 2. The first-order valence-corrected chi connectivity index (χ1v) is 8.81. The van der Waals surface area contributed by atoms with E-state index in [9.17, 15) is 4.79 Å². The third-order valence-electron chi connectivity index (χ3n) is 4.60. The van der Waals surface area contributed by atoms with E-state index in [1.54, 1.807) is 49.5 Å². The van der Waals surface area contributed by atoms with Gasteiger partial charge in [0.15, 0.2) is 11.5 Å². The number of tetrazole rings is 1. The maximum atomic E-state index is 13.2. The van der Waals surface area contributed by atoms with E-state index in [2.05, 4.69) is 31.1 Å². The van der Waals surface area contributed by atoms with Crippen molar-refractivity contribution in [1.82, 2.24) is 25.2 Å². The maximum Gasteiger partial charge on any atom is 0.255 e. The van der Waals surface area contributed by atoms with Gasteiger partial charge in [0.2, 0.25) is 5.95 Å². The molecule has 0 aliphatic carbocycles. The topological polar surface area (TPSA) is 116 Å². The van der Waals surface area contributed by atoms with E-state index < -0.39 is 6.04 Å². The Labute approximate surface area is 166 Å². The van der Waals surface area contributed by atoms with E-state index in [0.717, 1.165) is 5.56 Å². The number of nitrogens with zero attached hydrogens (tertiary/aromatic N) is 5. The number of carbonyl (C=O) groups is 1. The Hall–Kier alpha value is -3.95. The number of aromatic nitrogens is 5. The maximum absolute atomic E-state index is 13.2. The van der Waals surface area contributed by atoms with Crippen LogP contribution in [0.5, 0.6) is 11.5 Å². The highest BCUT2D eigenvalue weighted by Gasteiger charge is 2.34. The highest BCUT2D eigenvalue weighted by Crippen LogP contribution is 2.38. The van der Waals surface area contributed by atoms with E-state index in [1.807, 2.05) is 19.1 Å². The van der Waals surface area contributed by atoms with Crippen molar-refractivity contribution in [2.45, 2.75) is 13.0 Å². The smallest absolute Gasteiger partial charge is 0.255 e. The zero-order valence-electron chi connectivity index (χ0n) is 16.1. The Morgan fingerprint density at radius 1 is 1.21 bits per heavy atom. The van der Waals surface area contributed by atoms with Crippen molar-refractivity contribution in [3.63, 3.8) is 0 Å². The monoisotopic (exact) mass is 393 g/mol. The number of allylic oxidation sites excluding steroid dienone is 1. The fourth-order valence-electron chi connectivity index (χ4n) is 3.27. The number of ether oxygens (including phenoxy) is 2. The summed E-state index contributed by atoms with van der Waals surface area (Å²) < 4.78 is 12.3. The SMILES string of the molecule is COc1ccc(C2C(C(=O)Nc3cccnc3)=C(C)Nc3nnnn32)cc1OC. The fraction of sp³-hybridized carbons (Fsp3) is 0.211. The molecule has 10 nitrogen and oxygen atoms in total. The number of amides is 1. The van der Waals surface area contributed by atoms with Gasteiger partial charge >= 0.3 is 0 Å². The quantitative estimate of drug-likeness (QED) is 0.676. The third-order valence-corrected chi connectivity index (χ3v) is 4.60. The van der Waals surface area contributed by atoms with Crippen molar-refractivity contribution < 1.29 is 14.3 Å². The lowest BCUT2D eigenvalue weighted by Gasteiger charge is -2.28. The highest BCUT2D eigenvalue weighted by molar-refractivity contribution is 6.05. The average Bonchev–Trinajstić information content (AvgIpc) is 3.20. The Bertz CT molecular complexity index is 1080. The second-order valence-electron chi connectivity index (χ2n) is 6.32. The molecule has 1 aliphatic rings. The predicted molar refractivity (Wildman–Crippen MR) is 105 cm³/mol. The number of fused-ring (bicyclic) bond motifs is 1. The van der Waals surface area contributed by atoms with Gasteiger partial charge in [-0.1, -0.05) is 11.2 Å². The van der Waals surface area contributed by atoms with Crippen molar-refractivity contribution in [2.75, 3.05) is 24.9 Å². The van der Waals surface area contributed by atoms with E-state index in [-0.39, 0.29) is 5.91 Å². The van der Waals surface area contributed by atoms with Crippen LogP contribution in [0.15, 0.2) is 54.0 Å². The van der Waals surface area contributed by atoms with Gasteiger partial charge in [-0.2, -0.15) is 4.68 Å². The van der Waals surface area contributed by atoms with Crippen LogP contribution in [0.3, 0.4) is 0 Å². The van der Waals surface area contributed by atoms with Gasteiger partial charge in [0.05, 0.1) is 31.7 Å². The lowest BCUT2D eigenvalue weighted by molar-refractivity contribution is -0.113. The van der Waals surface area contributed by atoms with E-state index in [4.69, 9.17) is 9.47 Å². The van der Waals surface area contributed by atoms with Gasteiger partial charge in [0.1, 0.15) is 6.04 Å². The minimum Gasteiger partial charge on any atom is -0.493 e. The van der Waals surface area contributed by atoms with Crippen molar-refractivity contribution in [3.05, 3.63) is 59.6 Å². The van der Waals surface area contributed by atoms with Gasteiger partial charge in [0.25, 0.3) is 5.91 Å². The molecule has 29 heavy (non-hydrogen) atoms. The van der Waals surface area contributed by atoms with Crippen molar-refractivity contribution in [1.29, 1.82) is 0 Å². The number of pyridine rings is 1. The molecule has 1 aliphatic heterocycles. The van der Waals surface area contributed by atoms with Crippen LogP contribution < -0.4 is 20.1 Å².